The molecule has 0 heterocycles. The molecule has 7 nitrogen and oxygen atoms in total. The SMILES string of the molecule is O=C(NC(=O)c1ccc([N+](=O)[O-])cc1)C(=O)c1ccccc1. The van der Waals surface area contributed by atoms with Crippen molar-refractivity contribution >= 4 is 23.3 Å². The number of nitrogens with zero attached hydrogens (tertiary/aromatic N) is 1. The third-order valence-electron chi connectivity index (χ3n) is 2.81. The molecule has 0 saturated carbocycles. The second kappa shape index (κ2) is 6.40. The number of non-ortho nitro benzene ring substituents is 1. The van der Waals surface area contributed by atoms with Gasteiger partial charge in [-0.15, -0.1) is 0 Å². The molecule has 0 aliphatic rings. The van der Waals surface area contributed by atoms with Gasteiger partial charge in [-0.2, -0.15) is 0 Å². The summed E-state index contributed by atoms with van der Waals surface area (Å²) in [5.74, 6) is -2.70. The van der Waals surface area contributed by atoms with Crippen molar-refractivity contribution < 1.29 is 19.3 Å². The number of benzene rings is 2. The van der Waals surface area contributed by atoms with Crippen LogP contribution >= 0.6 is 0 Å². The molecule has 0 aliphatic carbocycles. The molecule has 2 aromatic carbocycles. The summed E-state index contributed by atoms with van der Waals surface area (Å²) in [6.07, 6.45) is 0. The highest BCUT2D eigenvalue weighted by Gasteiger charge is 2.19. The number of nitro benzene ring substituents is 1. The van der Waals surface area contributed by atoms with Crippen molar-refractivity contribution in [1.82, 2.24) is 5.32 Å². The van der Waals surface area contributed by atoms with Crippen LogP contribution in [0.15, 0.2) is 54.6 Å². The van der Waals surface area contributed by atoms with Crippen LogP contribution in [0.2, 0.25) is 0 Å². The van der Waals surface area contributed by atoms with E-state index in [-0.39, 0.29) is 16.8 Å². The minimum atomic E-state index is -1.06. The number of nitrogens with one attached hydrogen (secondary N) is 1. The van der Waals surface area contributed by atoms with E-state index in [1.54, 1.807) is 18.2 Å². The fourth-order valence-corrected chi connectivity index (χ4v) is 1.69. The number of imide groups is 1. The highest BCUT2D eigenvalue weighted by molar-refractivity contribution is 6.45. The largest absolute Gasteiger partial charge is 0.299 e. The second-order valence-electron chi connectivity index (χ2n) is 4.28. The predicted molar refractivity (Wildman–Crippen MR) is 76.3 cm³/mol. The number of hydrogen-bond acceptors (Lipinski definition) is 5. The van der Waals surface area contributed by atoms with Gasteiger partial charge in [-0.3, -0.25) is 29.8 Å². The summed E-state index contributed by atoms with van der Waals surface area (Å²) >= 11 is 0. The molecule has 0 aromatic heterocycles. The fraction of sp³-hybridized carbons (Fsp3) is 0. The van der Waals surface area contributed by atoms with Gasteiger partial charge < -0.3 is 0 Å². The van der Waals surface area contributed by atoms with Crippen LogP contribution in [-0.2, 0) is 4.79 Å². The monoisotopic (exact) mass is 298 g/mol. The van der Waals surface area contributed by atoms with Crippen molar-refractivity contribution in [1.29, 1.82) is 0 Å². The number of hydrogen-bond donors (Lipinski definition) is 1. The van der Waals surface area contributed by atoms with Crippen molar-refractivity contribution in [2.75, 3.05) is 0 Å². The number of nitro groups is 1. The number of rotatable bonds is 4. The molecule has 0 radical (unpaired) electrons. The van der Waals surface area contributed by atoms with Crippen LogP contribution in [0.1, 0.15) is 20.7 Å². The van der Waals surface area contributed by atoms with E-state index in [1.807, 2.05) is 5.32 Å². The minimum Gasteiger partial charge on any atom is -0.285 e. The Morgan fingerprint density at radius 3 is 2.00 bits per heavy atom. The average Bonchev–Trinajstić information content (AvgIpc) is 2.54. The Bertz CT molecular complexity index is 738. The van der Waals surface area contributed by atoms with Crippen LogP contribution in [-0.4, -0.2) is 22.5 Å². The van der Waals surface area contributed by atoms with Crippen LogP contribution in [0.4, 0.5) is 5.69 Å². The highest BCUT2D eigenvalue weighted by Crippen LogP contribution is 2.11. The number of amides is 2. The first kappa shape index (κ1) is 15.0. The van der Waals surface area contributed by atoms with Crippen LogP contribution in [0, 0.1) is 10.1 Å². The van der Waals surface area contributed by atoms with Gasteiger partial charge in [0.1, 0.15) is 0 Å². The zero-order valence-corrected chi connectivity index (χ0v) is 11.2. The van der Waals surface area contributed by atoms with Gasteiger partial charge in [0.15, 0.2) is 0 Å². The fourth-order valence-electron chi connectivity index (χ4n) is 1.69. The number of ketones is 1. The lowest BCUT2D eigenvalue weighted by atomic mass is 10.1. The van der Waals surface area contributed by atoms with E-state index in [9.17, 15) is 24.5 Å². The predicted octanol–water partition coefficient (Wildman–Crippen LogP) is 1.73. The molecule has 2 aromatic rings. The molecule has 2 rings (SSSR count). The average molecular weight is 298 g/mol. The van der Waals surface area contributed by atoms with Gasteiger partial charge >= 0.3 is 0 Å². The van der Waals surface area contributed by atoms with Gasteiger partial charge in [0.25, 0.3) is 23.3 Å². The molecule has 0 atom stereocenters. The lowest BCUT2D eigenvalue weighted by Crippen LogP contribution is -2.36. The van der Waals surface area contributed by atoms with E-state index in [1.165, 1.54) is 24.3 Å². The summed E-state index contributed by atoms with van der Waals surface area (Å²) in [5.41, 5.74) is 0.0274. The van der Waals surface area contributed by atoms with Crippen LogP contribution < -0.4 is 5.32 Å². The van der Waals surface area contributed by atoms with Crippen LogP contribution in [0.3, 0.4) is 0 Å². The molecule has 110 valence electrons. The van der Waals surface area contributed by atoms with Crippen molar-refractivity contribution in [3.63, 3.8) is 0 Å². The molecule has 0 unspecified atom stereocenters. The Kier molecular flexibility index (Phi) is 4.38. The molecule has 7 heteroatoms. The molecule has 22 heavy (non-hydrogen) atoms. The molecule has 0 fully saturated rings. The summed E-state index contributed by atoms with van der Waals surface area (Å²) in [4.78, 5) is 45.2. The summed E-state index contributed by atoms with van der Waals surface area (Å²) in [5, 5.41) is 12.5. The first-order chi connectivity index (χ1) is 10.5. The standard InChI is InChI=1S/C15H10N2O5/c18-13(10-4-2-1-3-5-10)15(20)16-14(19)11-6-8-12(9-7-11)17(21)22/h1-9H,(H,16,19,20). The van der Waals surface area contributed by atoms with Crippen LogP contribution in [0.25, 0.3) is 0 Å². The molecule has 0 aliphatic heterocycles. The highest BCUT2D eigenvalue weighted by atomic mass is 16.6. The maximum atomic E-state index is 11.8. The molecular weight excluding hydrogens is 288 g/mol. The Labute approximate surface area is 124 Å². The summed E-state index contributed by atoms with van der Waals surface area (Å²) in [6.45, 7) is 0. The maximum absolute atomic E-state index is 11.8. The first-order valence-electron chi connectivity index (χ1n) is 6.18. The Morgan fingerprint density at radius 1 is 0.864 bits per heavy atom. The van der Waals surface area contributed by atoms with E-state index < -0.39 is 22.5 Å². The lowest BCUT2D eigenvalue weighted by Gasteiger charge is -2.03. The minimum absolute atomic E-state index is 0.0415. The van der Waals surface area contributed by atoms with E-state index in [2.05, 4.69) is 0 Å². The third kappa shape index (κ3) is 3.40. The quantitative estimate of drug-likeness (QED) is 0.400. The van der Waals surface area contributed by atoms with Gasteiger partial charge in [-0.1, -0.05) is 30.3 Å². The smallest absolute Gasteiger partial charge is 0.285 e. The molecule has 0 saturated heterocycles. The third-order valence-corrected chi connectivity index (χ3v) is 2.81. The van der Waals surface area contributed by atoms with Gasteiger partial charge in [-0.25, -0.2) is 0 Å². The Morgan fingerprint density at radius 2 is 1.45 bits per heavy atom. The van der Waals surface area contributed by atoms with Gasteiger partial charge in [0, 0.05) is 23.3 Å². The molecule has 0 spiro atoms. The van der Waals surface area contributed by atoms with Crippen molar-refractivity contribution in [3.05, 3.63) is 75.8 Å². The normalized spacial score (nSPS) is 9.82. The Hall–Kier alpha value is -3.35. The topological polar surface area (TPSA) is 106 Å². The molecule has 2 amide bonds. The summed E-state index contributed by atoms with van der Waals surface area (Å²) < 4.78 is 0. The summed E-state index contributed by atoms with van der Waals surface area (Å²) in [6, 6.07) is 12.5. The van der Waals surface area contributed by atoms with Gasteiger partial charge in [0.05, 0.1) is 4.92 Å². The van der Waals surface area contributed by atoms with Crippen molar-refractivity contribution in [3.8, 4) is 0 Å². The van der Waals surface area contributed by atoms with Crippen LogP contribution in [0.5, 0.6) is 0 Å². The summed E-state index contributed by atoms with van der Waals surface area (Å²) in [7, 11) is 0. The van der Waals surface area contributed by atoms with E-state index in [0.29, 0.717) is 0 Å². The Balaban J connectivity index is 2.06. The molecule has 0 bridgehead atoms. The lowest BCUT2D eigenvalue weighted by molar-refractivity contribution is -0.384. The second-order valence-corrected chi connectivity index (χ2v) is 4.28. The van der Waals surface area contributed by atoms with E-state index >= 15 is 0 Å². The van der Waals surface area contributed by atoms with Gasteiger partial charge in [-0.05, 0) is 12.1 Å². The number of carbonyl (C=O) groups excluding carboxylic acids is 3. The number of carbonyl (C=O) groups is 3. The molecule has 1 N–H and O–H groups in total. The van der Waals surface area contributed by atoms with E-state index in [4.69, 9.17) is 0 Å². The molecular formula is C15H10N2O5. The van der Waals surface area contributed by atoms with E-state index in [0.717, 1.165) is 12.1 Å². The maximum Gasteiger partial charge on any atom is 0.299 e. The van der Waals surface area contributed by atoms with Crippen molar-refractivity contribution in [2.45, 2.75) is 0 Å². The zero-order chi connectivity index (χ0) is 16.1. The van der Waals surface area contributed by atoms with Crippen molar-refractivity contribution in [2.24, 2.45) is 0 Å². The first-order valence-corrected chi connectivity index (χ1v) is 6.18. The zero-order valence-electron chi connectivity index (χ0n) is 11.2. The number of Topliss-reactive ketones (excluding diaryl/α,β-unsaturated/α-hetero) is 1. The van der Waals surface area contributed by atoms with Gasteiger partial charge in [0.2, 0.25) is 0 Å².